The van der Waals surface area contributed by atoms with Crippen molar-refractivity contribution in [3.05, 3.63) is 64.8 Å². The molecule has 0 spiro atoms. The first-order valence-electron chi connectivity index (χ1n) is 6.81. The summed E-state index contributed by atoms with van der Waals surface area (Å²) in [5.74, 6) is 0. The maximum atomic E-state index is 12.8. The number of aryl methyl sites for hydroxylation is 1. The van der Waals surface area contributed by atoms with E-state index in [-0.39, 0.29) is 10.7 Å². The number of benzene rings is 2. The van der Waals surface area contributed by atoms with E-state index in [0.29, 0.717) is 0 Å². The number of para-hydroxylation sites is 1. The van der Waals surface area contributed by atoms with Crippen LogP contribution in [0.3, 0.4) is 0 Å². The molecular formula is C17H12ClF3N2. The predicted molar refractivity (Wildman–Crippen MR) is 86.6 cm³/mol. The molecule has 0 radical (unpaired) electrons. The van der Waals surface area contributed by atoms with Crippen LogP contribution in [0.4, 0.5) is 18.9 Å². The van der Waals surface area contributed by atoms with Gasteiger partial charge < -0.3 is 4.57 Å². The third-order valence-corrected chi connectivity index (χ3v) is 3.86. The van der Waals surface area contributed by atoms with Gasteiger partial charge in [0.2, 0.25) is 0 Å². The maximum Gasteiger partial charge on any atom is 0.416 e. The number of halogens is 4. The molecule has 0 unspecified atom stereocenters. The molecular weight excluding hydrogens is 325 g/mol. The highest BCUT2D eigenvalue weighted by Gasteiger charge is 2.30. The third-order valence-electron chi connectivity index (χ3n) is 3.54. The number of hydrogen-bond donors (Lipinski definition) is 0. The monoisotopic (exact) mass is 336 g/mol. The Balaban J connectivity index is 2.02. The van der Waals surface area contributed by atoms with Gasteiger partial charge in [-0.05, 0) is 24.3 Å². The molecule has 1 heterocycles. The molecule has 118 valence electrons. The minimum absolute atomic E-state index is 0.0921. The molecule has 0 saturated carbocycles. The van der Waals surface area contributed by atoms with Gasteiger partial charge in [0, 0.05) is 35.9 Å². The molecule has 0 aliphatic heterocycles. The number of alkyl halides is 3. The number of fused-ring (bicyclic) bond motifs is 1. The lowest BCUT2D eigenvalue weighted by atomic mass is 10.2. The van der Waals surface area contributed by atoms with Crippen molar-refractivity contribution in [3.63, 3.8) is 0 Å². The lowest BCUT2D eigenvalue weighted by Crippen LogP contribution is -2.04. The van der Waals surface area contributed by atoms with E-state index in [2.05, 4.69) is 4.99 Å². The SMILES string of the molecule is Cn1cc(C=Nc2cc(C(F)(F)F)ccc2Cl)c2ccccc21. The summed E-state index contributed by atoms with van der Waals surface area (Å²) in [6.45, 7) is 0. The smallest absolute Gasteiger partial charge is 0.350 e. The van der Waals surface area contributed by atoms with Gasteiger partial charge in [0.05, 0.1) is 16.3 Å². The zero-order chi connectivity index (χ0) is 16.6. The summed E-state index contributed by atoms with van der Waals surface area (Å²) in [7, 11) is 1.90. The number of aliphatic imine (C=N–C) groups is 1. The van der Waals surface area contributed by atoms with E-state index in [1.807, 2.05) is 42.1 Å². The van der Waals surface area contributed by atoms with Crippen molar-refractivity contribution in [3.8, 4) is 0 Å². The third kappa shape index (κ3) is 3.10. The van der Waals surface area contributed by atoms with Crippen molar-refractivity contribution >= 4 is 34.4 Å². The average Bonchev–Trinajstić information content (AvgIpc) is 2.82. The number of rotatable bonds is 2. The zero-order valence-corrected chi connectivity index (χ0v) is 12.9. The predicted octanol–water partition coefficient (Wildman–Crippen LogP) is 5.60. The normalized spacial score (nSPS) is 12.4. The molecule has 3 aromatic rings. The van der Waals surface area contributed by atoms with E-state index in [9.17, 15) is 13.2 Å². The minimum Gasteiger partial charge on any atom is -0.350 e. The first-order chi connectivity index (χ1) is 10.9. The summed E-state index contributed by atoms with van der Waals surface area (Å²) in [5.41, 5.74) is 1.15. The van der Waals surface area contributed by atoms with Crippen LogP contribution >= 0.6 is 11.6 Å². The van der Waals surface area contributed by atoms with Crippen LogP contribution in [0.25, 0.3) is 10.9 Å². The van der Waals surface area contributed by atoms with Crippen LogP contribution in [0, 0.1) is 0 Å². The molecule has 3 rings (SSSR count). The van der Waals surface area contributed by atoms with Crippen molar-refractivity contribution in [1.29, 1.82) is 0 Å². The van der Waals surface area contributed by atoms with E-state index < -0.39 is 11.7 Å². The molecule has 0 bridgehead atoms. The van der Waals surface area contributed by atoms with Crippen LogP contribution in [-0.2, 0) is 13.2 Å². The second-order valence-corrected chi connectivity index (χ2v) is 5.54. The van der Waals surface area contributed by atoms with Gasteiger partial charge in [-0.25, -0.2) is 0 Å². The number of hydrogen-bond acceptors (Lipinski definition) is 1. The van der Waals surface area contributed by atoms with Crippen molar-refractivity contribution < 1.29 is 13.2 Å². The fourth-order valence-corrected chi connectivity index (χ4v) is 2.57. The molecule has 0 saturated heterocycles. The first kappa shape index (κ1) is 15.6. The summed E-state index contributed by atoms with van der Waals surface area (Å²) in [4.78, 5) is 4.14. The second kappa shape index (κ2) is 5.74. The molecule has 6 heteroatoms. The van der Waals surface area contributed by atoms with Crippen molar-refractivity contribution in [1.82, 2.24) is 4.57 Å². The Bertz CT molecular complexity index is 894. The molecule has 0 N–H and O–H groups in total. The lowest BCUT2D eigenvalue weighted by Gasteiger charge is -2.07. The topological polar surface area (TPSA) is 17.3 Å². The van der Waals surface area contributed by atoms with Crippen molar-refractivity contribution in [2.24, 2.45) is 12.0 Å². The molecule has 0 amide bonds. The van der Waals surface area contributed by atoms with Gasteiger partial charge in [0.15, 0.2) is 0 Å². The van der Waals surface area contributed by atoms with Crippen LogP contribution in [0.5, 0.6) is 0 Å². The van der Waals surface area contributed by atoms with Gasteiger partial charge in [0.1, 0.15) is 0 Å². The molecule has 2 nitrogen and oxygen atoms in total. The van der Waals surface area contributed by atoms with Crippen molar-refractivity contribution in [2.45, 2.75) is 6.18 Å². The quantitative estimate of drug-likeness (QED) is 0.542. The summed E-state index contributed by atoms with van der Waals surface area (Å²) in [5, 5.41) is 1.15. The highest BCUT2D eigenvalue weighted by molar-refractivity contribution is 6.33. The molecule has 0 atom stereocenters. The summed E-state index contributed by atoms with van der Waals surface area (Å²) < 4.78 is 40.3. The van der Waals surface area contributed by atoms with Gasteiger partial charge in [-0.2, -0.15) is 13.2 Å². The van der Waals surface area contributed by atoms with Crippen LogP contribution in [0.15, 0.2) is 53.7 Å². The molecule has 0 aliphatic rings. The first-order valence-corrected chi connectivity index (χ1v) is 7.19. The maximum absolute atomic E-state index is 12.8. The fraction of sp³-hybridized carbons (Fsp3) is 0.118. The van der Waals surface area contributed by atoms with Crippen LogP contribution in [0.2, 0.25) is 5.02 Å². The molecule has 0 aliphatic carbocycles. The summed E-state index contributed by atoms with van der Waals surface area (Å²) in [6, 6.07) is 10.8. The highest BCUT2D eigenvalue weighted by atomic mass is 35.5. The minimum atomic E-state index is -4.42. The van der Waals surface area contributed by atoms with Gasteiger partial charge in [-0.3, -0.25) is 4.99 Å². The largest absolute Gasteiger partial charge is 0.416 e. The zero-order valence-electron chi connectivity index (χ0n) is 12.1. The van der Waals surface area contributed by atoms with Gasteiger partial charge in [0.25, 0.3) is 0 Å². The van der Waals surface area contributed by atoms with E-state index in [4.69, 9.17) is 11.6 Å². The van der Waals surface area contributed by atoms with E-state index in [1.54, 1.807) is 0 Å². The Hall–Kier alpha value is -2.27. The Labute approximate surface area is 135 Å². The Morgan fingerprint density at radius 1 is 1.13 bits per heavy atom. The average molecular weight is 337 g/mol. The Morgan fingerprint density at radius 2 is 1.87 bits per heavy atom. The van der Waals surface area contributed by atoms with Crippen molar-refractivity contribution in [2.75, 3.05) is 0 Å². The highest BCUT2D eigenvalue weighted by Crippen LogP contribution is 2.35. The summed E-state index contributed by atoms with van der Waals surface area (Å²) >= 11 is 5.95. The molecule has 1 aromatic heterocycles. The van der Waals surface area contributed by atoms with Crippen LogP contribution in [0.1, 0.15) is 11.1 Å². The van der Waals surface area contributed by atoms with Gasteiger partial charge >= 0.3 is 6.18 Å². The van der Waals surface area contributed by atoms with E-state index in [1.165, 1.54) is 12.3 Å². The second-order valence-electron chi connectivity index (χ2n) is 5.13. The standard InChI is InChI=1S/C17H12ClF3N2/c1-23-10-11(13-4-2-3-5-16(13)23)9-22-15-8-12(17(19,20)21)6-7-14(15)18/h2-10H,1H3. The lowest BCUT2D eigenvalue weighted by molar-refractivity contribution is -0.137. The van der Waals surface area contributed by atoms with E-state index in [0.717, 1.165) is 28.6 Å². The van der Waals surface area contributed by atoms with Crippen LogP contribution < -0.4 is 0 Å². The Kier molecular flexibility index (Phi) is 3.90. The molecule has 0 fully saturated rings. The van der Waals surface area contributed by atoms with E-state index >= 15 is 0 Å². The number of nitrogens with zero attached hydrogens (tertiary/aromatic N) is 2. The molecule has 23 heavy (non-hydrogen) atoms. The fourth-order valence-electron chi connectivity index (χ4n) is 2.40. The van der Waals surface area contributed by atoms with Gasteiger partial charge in [-0.15, -0.1) is 0 Å². The van der Waals surface area contributed by atoms with Gasteiger partial charge in [-0.1, -0.05) is 29.8 Å². The molecule has 2 aromatic carbocycles. The Morgan fingerprint density at radius 3 is 2.61 bits per heavy atom. The summed E-state index contributed by atoms with van der Waals surface area (Å²) in [6.07, 6.45) is -1.02. The number of aromatic nitrogens is 1. The van der Waals surface area contributed by atoms with Crippen LogP contribution in [-0.4, -0.2) is 10.8 Å².